The van der Waals surface area contributed by atoms with E-state index in [4.69, 9.17) is 28.5 Å². The molecule has 2 nitrogen and oxygen atoms in total. The van der Waals surface area contributed by atoms with Crippen LogP contribution in [0.4, 0.5) is 10.1 Å². The molecule has 0 amide bonds. The van der Waals surface area contributed by atoms with Gasteiger partial charge in [-0.25, -0.2) is 4.39 Å². The van der Waals surface area contributed by atoms with Gasteiger partial charge in [-0.1, -0.05) is 35.3 Å². The number of rotatable bonds is 3. The Bertz CT molecular complexity index is 650. The minimum absolute atomic E-state index is 0.00686. The van der Waals surface area contributed by atoms with E-state index in [0.29, 0.717) is 22.3 Å². The van der Waals surface area contributed by atoms with Crippen molar-refractivity contribution in [3.8, 4) is 6.07 Å². The quantitative estimate of drug-likeness (QED) is 0.897. The normalized spacial score (nSPS) is 10.0. The second-order valence-corrected chi connectivity index (χ2v) is 4.71. The van der Waals surface area contributed by atoms with Gasteiger partial charge in [0.05, 0.1) is 5.69 Å². The molecule has 0 heterocycles. The number of benzene rings is 2. The summed E-state index contributed by atoms with van der Waals surface area (Å²) < 4.78 is 13.4. The van der Waals surface area contributed by atoms with Crippen LogP contribution in [-0.2, 0) is 6.54 Å². The Kier molecular flexibility index (Phi) is 4.26. The largest absolute Gasteiger partial charge is 0.380 e. The Morgan fingerprint density at radius 3 is 2.68 bits per heavy atom. The van der Waals surface area contributed by atoms with E-state index in [1.54, 1.807) is 30.3 Å². The van der Waals surface area contributed by atoms with Crippen molar-refractivity contribution in [2.75, 3.05) is 5.32 Å². The molecule has 0 aliphatic heterocycles. The summed E-state index contributed by atoms with van der Waals surface area (Å²) >= 11 is 11.8. The number of hydrogen-bond donors (Lipinski definition) is 1. The summed E-state index contributed by atoms with van der Waals surface area (Å²) in [6.45, 7) is 0.383. The van der Waals surface area contributed by atoms with E-state index in [-0.39, 0.29) is 5.56 Å². The van der Waals surface area contributed by atoms with Gasteiger partial charge in [0.2, 0.25) is 0 Å². The van der Waals surface area contributed by atoms with Crippen LogP contribution in [0.25, 0.3) is 0 Å². The minimum atomic E-state index is -0.547. The predicted molar refractivity (Wildman–Crippen MR) is 74.9 cm³/mol. The first-order chi connectivity index (χ1) is 9.11. The number of nitrogens with zero attached hydrogens (tertiary/aromatic N) is 1. The van der Waals surface area contributed by atoms with Crippen LogP contribution in [0, 0.1) is 17.1 Å². The van der Waals surface area contributed by atoms with Gasteiger partial charge in [0.25, 0.3) is 0 Å². The maximum absolute atomic E-state index is 13.4. The van der Waals surface area contributed by atoms with E-state index in [0.717, 1.165) is 5.56 Å². The minimum Gasteiger partial charge on any atom is -0.380 e. The highest BCUT2D eigenvalue weighted by molar-refractivity contribution is 6.35. The molecule has 19 heavy (non-hydrogen) atoms. The average molecular weight is 295 g/mol. The molecule has 0 atom stereocenters. The fourth-order valence-electron chi connectivity index (χ4n) is 1.64. The van der Waals surface area contributed by atoms with Crippen molar-refractivity contribution >= 4 is 28.9 Å². The SMILES string of the molecule is N#Cc1c(F)cccc1NCc1ccc(Cl)cc1Cl. The Morgan fingerprint density at radius 2 is 2.00 bits per heavy atom. The van der Waals surface area contributed by atoms with Crippen molar-refractivity contribution in [1.82, 2.24) is 0 Å². The van der Waals surface area contributed by atoms with E-state index in [2.05, 4.69) is 5.32 Å². The highest BCUT2D eigenvalue weighted by Crippen LogP contribution is 2.23. The Labute approximate surface area is 120 Å². The van der Waals surface area contributed by atoms with Crippen molar-refractivity contribution in [3.63, 3.8) is 0 Å². The second kappa shape index (κ2) is 5.92. The monoisotopic (exact) mass is 294 g/mol. The van der Waals surface area contributed by atoms with E-state index in [1.807, 2.05) is 6.07 Å². The lowest BCUT2D eigenvalue weighted by Gasteiger charge is -2.10. The number of nitriles is 1. The van der Waals surface area contributed by atoms with Gasteiger partial charge in [0.15, 0.2) is 0 Å². The summed E-state index contributed by atoms with van der Waals surface area (Å²) in [5, 5.41) is 13.0. The standard InChI is InChI=1S/C14H9Cl2FN2/c15-10-5-4-9(12(16)6-10)8-19-14-3-1-2-13(17)11(14)7-18/h1-6,19H,8H2. The molecule has 0 saturated heterocycles. The summed E-state index contributed by atoms with van der Waals surface area (Å²) in [7, 11) is 0. The fraction of sp³-hybridized carbons (Fsp3) is 0.0714. The molecule has 1 N–H and O–H groups in total. The van der Waals surface area contributed by atoms with E-state index >= 15 is 0 Å². The van der Waals surface area contributed by atoms with Crippen LogP contribution in [0.2, 0.25) is 10.0 Å². The van der Waals surface area contributed by atoms with Crippen molar-refractivity contribution in [2.24, 2.45) is 0 Å². The van der Waals surface area contributed by atoms with Gasteiger partial charge >= 0.3 is 0 Å². The zero-order chi connectivity index (χ0) is 13.8. The molecule has 96 valence electrons. The molecule has 0 aliphatic carbocycles. The lowest BCUT2D eigenvalue weighted by molar-refractivity contribution is 0.624. The molecule has 2 aromatic carbocycles. The third kappa shape index (κ3) is 3.17. The van der Waals surface area contributed by atoms with Gasteiger partial charge in [-0.3, -0.25) is 0 Å². The summed E-state index contributed by atoms with van der Waals surface area (Å²) in [5.41, 5.74) is 1.25. The Hall–Kier alpha value is -1.76. The van der Waals surface area contributed by atoms with Gasteiger partial charge in [-0.05, 0) is 29.8 Å². The number of nitrogens with one attached hydrogen (secondary N) is 1. The van der Waals surface area contributed by atoms with Crippen LogP contribution < -0.4 is 5.32 Å². The Morgan fingerprint density at radius 1 is 1.21 bits per heavy atom. The molecule has 0 aliphatic rings. The first kappa shape index (κ1) is 13.7. The lowest BCUT2D eigenvalue weighted by Crippen LogP contribution is -2.03. The van der Waals surface area contributed by atoms with Crippen LogP contribution in [0.15, 0.2) is 36.4 Å². The predicted octanol–water partition coefficient (Wildman–Crippen LogP) is 4.62. The van der Waals surface area contributed by atoms with Crippen molar-refractivity contribution in [1.29, 1.82) is 5.26 Å². The number of halogens is 3. The fourth-order valence-corrected chi connectivity index (χ4v) is 2.12. The van der Waals surface area contributed by atoms with E-state index in [1.165, 1.54) is 6.07 Å². The maximum Gasteiger partial charge on any atom is 0.143 e. The Balaban J connectivity index is 2.20. The van der Waals surface area contributed by atoms with Crippen molar-refractivity contribution in [3.05, 3.63) is 63.4 Å². The van der Waals surface area contributed by atoms with Gasteiger partial charge < -0.3 is 5.32 Å². The van der Waals surface area contributed by atoms with Crippen LogP contribution >= 0.6 is 23.2 Å². The summed E-state index contributed by atoms with van der Waals surface area (Å²) in [6, 6.07) is 11.4. The highest BCUT2D eigenvalue weighted by atomic mass is 35.5. The van der Waals surface area contributed by atoms with Gasteiger partial charge in [0, 0.05) is 16.6 Å². The summed E-state index contributed by atoms with van der Waals surface area (Å²) in [5.74, 6) is -0.547. The molecule has 5 heteroatoms. The number of hydrogen-bond acceptors (Lipinski definition) is 2. The zero-order valence-electron chi connectivity index (χ0n) is 9.75. The highest BCUT2D eigenvalue weighted by Gasteiger charge is 2.08. The van der Waals surface area contributed by atoms with Gasteiger partial charge in [-0.15, -0.1) is 0 Å². The van der Waals surface area contributed by atoms with Crippen LogP contribution in [0.5, 0.6) is 0 Å². The van der Waals surface area contributed by atoms with Crippen molar-refractivity contribution in [2.45, 2.75) is 6.54 Å². The van der Waals surface area contributed by atoms with Gasteiger partial charge in [-0.2, -0.15) is 5.26 Å². The molecule has 0 unspecified atom stereocenters. The topological polar surface area (TPSA) is 35.8 Å². The van der Waals surface area contributed by atoms with Crippen molar-refractivity contribution < 1.29 is 4.39 Å². The third-order valence-electron chi connectivity index (χ3n) is 2.61. The summed E-state index contributed by atoms with van der Waals surface area (Å²) in [4.78, 5) is 0. The van der Waals surface area contributed by atoms with Crippen LogP contribution in [0.1, 0.15) is 11.1 Å². The molecular weight excluding hydrogens is 286 g/mol. The molecule has 0 aromatic heterocycles. The van der Waals surface area contributed by atoms with Crippen LogP contribution in [-0.4, -0.2) is 0 Å². The molecule has 0 spiro atoms. The molecule has 0 radical (unpaired) electrons. The molecular formula is C14H9Cl2FN2. The lowest BCUT2D eigenvalue weighted by atomic mass is 10.1. The molecule has 0 saturated carbocycles. The molecule has 2 rings (SSSR count). The maximum atomic E-state index is 13.4. The second-order valence-electron chi connectivity index (χ2n) is 3.86. The van der Waals surface area contributed by atoms with E-state index < -0.39 is 5.82 Å². The average Bonchev–Trinajstić information content (AvgIpc) is 2.38. The van der Waals surface area contributed by atoms with Crippen LogP contribution in [0.3, 0.4) is 0 Å². The zero-order valence-corrected chi connectivity index (χ0v) is 11.3. The third-order valence-corrected chi connectivity index (χ3v) is 3.20. The molecule has 0 bridgehead atoms. The molecule has 2 aromatic rings. The first-order valence-electron chi connectivity index (χ1n) is 5.48. The van der Waals surface area contributed by atoms with Gasteiger partial charge in [0.1, 0.15) is 17.4 Å². The molecule has 0 fully saturated rings. The smallest absolute Gasteiger partial charge is 0.143 e. The van der Waals surface area contributed by atoms with E-state index in [9.17, 15) is 4.39 Å². The summed E-state index contributed by atoms with van der Waals surface area (Å²) in [6.07, 6.45) is 0. The number of anilines is 1. The first-order valence-corrected chi connectivity index (χ1v) is 6.24.